The molecule has 1 aromatic heterocycles. The Morgan fingerprint density at radius 3 is 2.38 bits per heavy atom. The van der Waals surface area contributed by atoms with E-state index in [2.05, 4.69) is 6.07 Å². The molecule has 0 saturated carbocycles. The number of rotatable bonds is 4. The second-order valence-corrected chi connectivity index (χ2v) is 7.09. The molecule has 3 aromatic carbocycles. The van der Waals surface area contributed by atoms with Gasteiger partial charge in [-0.2, -0.15) is 0 Å². The molecule has 4 aromatic rings. The zero-order valence-corrected chi connectivity index (χ0v) is 17.2. The van der Waals surface area contributed by atoms with E-state index in [1.54, 1.807) is 14.2 Å². The van der Waals surface area contributed by atoms with Gasteiger partial charge in [-0.3, -0.25) is 0 Å². The van der Waals surface area contributed by atoms with Crippen molar-refractivity contribution in [2.75, 3.05) is 14.2 Å². The fraction of sp³-hybridized carbons (Fsp3) is 0.125. The minimum Gasteiger partial charge on any atom is -0.497 e. The molecule has 0 aliphatic carbocycles. The molecule has 0 unspecified atom stereocenters. The molecule has 29 heavy (non-hydrogen) atoms. The fourth-order valence-electron chi connectivity index (χ4n) is 3.14. The maximum Gasteiger partial charge on any atom is 0.148 e. The number of fused-ring (bicyclic) bond motifs is 1. The van der Waals surface area contributed by atoms with Gasteiger partial charge in [-0.1, -0.05) is 23.2 Å². The molecule has 0 atom stereocenters. The largest absolute Gasteiger partial charge is 0.497 e. The van der Waals surface area contributed by atoms with Gasteiger partial charge in [0.05, 0.1) is 19.6 Å². The number of aryl methyl sites for hydroxylation is 1. The summed E-state index contributed by atoms with van der Waals surface area (Å²) in [7, 11) is 3.24. The van der Waals surface area contributed by atoms with Gasteiger partial charge >= 0.3 is 0 Å². The van der Waals surface area contributed by atoms with Gasteiger partial charge in [0.15, 0.2) is 0 Å². The highest BCUT2D eigenvalue weighted by molar-refractivity contribution is 6.30. The van der Waals surface area contributed by atoms with Crippen LogP contribution in [0.25, 0.3) is 22.3 Å². The van der Waals surface area contributed by atoms with E-state index in [-0.39, 0.29) is 0 Å². The monoisotopic (exact) mass is 405 g/mol. The van der Waals surface area contributed by atoms with Gasteiger partial charge in [0.25, 0.3) is 0 Å². The van der Waals surface area contributed by atoms with Gasteiger partial charge < -0.3 is 13.9 Å². The Morgan fingerprint density at radius 2 is 1.66 bits per heavy atom. The first-order valence-electron chi connectivity index (χ1n) is 9.14. The number of halogens is 1. The molecule has 0 spiro atoms. The molecular weight excluding hydrogens is 386 g/mol. The molecule has 0 N–H and O–H groups in total. The first-order valence-corrected chi connectivity index (χ1v) is 9.52. The first-order chi connectivity index (χ1) is 14.1. The Bertz CT molecular complexity index is 1240. The SMILES string of the molecule is COc1ccc(N=c2cc(-c3ccc(Cl)cc3)oc3ccc(C)cc23)c(OC)c1. The summed E-state index contributed by atoms with van der Waals surface area (Å²) in [5.41, 5.74) is 3.53. The summed E-state index contributed by atoms with van der Waals surface area (Å²) < 4.78 is 17.0. The number of methoxy groups -OCH3 is 2. The molecule has 0 aliphatic rings. The van der Waals surface area contributed by atoms with Crippen LogP contribution in [0.4, 0.5) is 5.69 Å². The quantitative estimate of drug-likeness (QED) is 0.399. The van der Waals surface area contributed by atoms with E-state index < -0.39 is 0 Å². The molecule has 0 saturated heterocycles. The molecular formula is C24H20ClNO3. The van der Waals surface area contributed by atoms with Crippen LogP contribution in [-0.4, -0.2) is 14.2 Å². The van der Waals surface area contributed by atoms with Crippen molar-refractivity contribution in [2.45, 2.75) is 6.92 Å². The van der Waals surface area contributed by atoms with Crippen LogP contribution in [-0.2, 0) is 0 Å². The van der Waals surface area contributed by atoms with E-state index >= 15 is 0 Å². The Hall–Kier alpha value is -3.24. The molecule has 1 heterocycles. The Morgan fingerprint density at radius 1 is 0.862 bits per heavy atom. The smallest absolute Gasteiger partial charge is 0.148 e. The van der Waals surface area contributed by atoms with Gasteiger partial charge in [0.1, 0.15) is 28.5 Å². The summed E-state index contributed by atoms with van der Waals surface area (Å²) >= 11 is 6.04. The first kappa shape index (κ1) is 19.1. The molecule has 0 bridgehead atoms. The van der Waals surface area contributed by atoms with Crippen LogP contribution in [0.1, 0.15) is 5.56 Å². The van der Waals surface area contributed by atoms with Crippen LogP contribution in [0, 0.1) is 6.92 Å². The van der Waals surface area contributed by atoms with E-state index in [4.69, 9.17) is 30.5 Å². The zero-order valence-electron chi connectivity index (χ0n) is 16.4. The summed E-state index contributed by atoms with van der Waals surface area (Å²) in [5.74, 6) is 2.06. The van der Waals surface area contributed by atoms with Gasteiger partial charge in [0.2, 0.25) is 0 Å². The van der Waals surface area contributed by atoms with Crippen LogP contribution in [0.15, 0.2) is 76.1 Å². The third kappa shape index (κ3) is 3.98. The van der Waals surface area contributed by atoms with E-state index in [0.717, 1.165) is 27.5 Å². The topological polar surface area (TPSA) is 44.0 Å². The predicted molar refractivity (Wildman–Crippen MR) is 116 cm³/mol. The number of nitrogens with zero attached hydrogens (tertiary/aromatic N) is 1. The van der Waals surface area contributed by atoms with E-state index in [1.807, 2.05) is 67.6 Å². The third-order valence-electron chi connectivity index (χ3n) is 4.66. The van der Waals surface area contributed by atoms with Crippen molar-refractivity contribution >= 4 is 28.3 Å². The van der Waals surface area contributed by atoms with Crippen LogP contribution in [0.5, 0.6) is 11.5 Å². The average molecular weight is 406 g/mol. The molecule has 0 radical (unpaired) electrons. The summed E-state index contributed by atoms with van der Waals surface area (Å²) in [6, 6.07) is 21.1. The minimum atomic E-state index is 0.638. The highest BCUT2D eigenvalue weighted by Gasteiger charge is 2.09. The summed E-state index contributed by atoms with van der Waals surface area (Å²) in [6.07, 6.45) is 0. The van der Waals surface area contributed by atoms with E-state index in [1.165, 1.54) is 0 Å². The highest BCUT2D eigenvalue weighted by atomic mass is 35.5. The lowest BCUT2D eigenvalue weighted by Gasteiger charge is -2.09. The number of ether oxygens (including phenoxy) is 2. The molecule has 5 heteroatoms. The van der Waals surface area contributed by atoms with Crippen LogP contribution in [0.2, 0.25) is 5.02 Å². The van der Waals surface area contributed by atoms with Gasteiger partial charge in [-0.25, -0.2) is 4.99 Å². The average Bonchev–Trinajstić information content (AvgIpc) is 2.74. The second-order valence-electron chi connectivity index (χ2n) is 6.65. The van der Waals surface area contributed by atoms with Crippen LogP contribution in [0.3, 0.4) is 0 Å². The molecule has 0 fully saturated rings. The van der Waals surface area contributed by atoms with Crippen molar-refractivity contribution in [2.24, 2.45) is 4.99 Å². The molecule has 0 amide bonds. The maximum absolute atomic E-state index is 6.16. The van der Waals surface area contributed by atoms with Gasteiger partial charge in [-0.05, 0) is 55.5 Å². The summed E-state index contributed by atoms with van der Waals surface area (Å²) in [4.78, 5) is 4.89. The zero-order chi connectivity index (χ0) is 20.4. The lowest BCUT2D eigenvalue weighted by atomic mass is 10.1. The van der Waals surface area contributed by atoms with Crippen molar-refractivity contribution < 1.29 is 13.9 Å². The standard InChI is InChI=1S/C24H20ClNO3/c1-15-4-11-22-19(12-15)21(14-23(29-22)16-5-7-17(25)8-6-16)26-20-10-9-18(27-2)13-24(20)28-3/h4-14H,1-3H3. The van der Waals surface area contributed by atoms with E-state index in [9.17, 15) is 0 Å². The lowest BCUT2D eigenvalue weighted by molar-refractivity contribution is 0.395. The van der Waals surface area contributed by atoms with Crippen LogP contribution >= 0.6 is 11.6 Å². The van der Waals surface area contributed by atoms with Crippen molar-refractivity contribution in [1.82, 2.24) is 0 Å². The van der Waals surface area contributed by atoms with Crippen molar-refractivity contribution in [3.63, 3.8) is 0 Å². The second kappa shape index (κ2) is 8.02. The minimum absolute atomic E-state index is 0.638. The molecule has 4 nitrogen and oxygen atoms in total. The third-order valence-corrected chi connectivity index (χ3v) is 4.91. The Kier molecular flexibility index (Phi) is 5.28. The molecule has 146 valence electrons. The van der Waals surface area contributed by atoms with Crippen molar-refractivity contribution in [3.05, 3.63) is 82.7 Å². The molecule has 4 rings (SSSR count). The van der Waals surface area contributed by atoms with Crippen molar-refractivity contribution in [3.8, 4) is 22.8 Å². The Labute approximate surface area is 174 Å². The Balaban J connectivity index is 1.98. The maximum atomic E-state index is 6.16. The summed E-state index contributed by atoms with van der Waals surface area (Å²) in [5, 5.41) is 2.40. The normalized spacial score (nSPS) is 11.7. The number of hydrogen-bond donors (Lipinski definition) is 0. The molecule has 0 aliphatic heterocycles. The fourth-order valence-corrected chi connectivity index (χ4v) is 3.26. The van der Waals surface area contributed by atoms with E-state index in [0.29, 0.717) is 28.0 Å². The van der Waals surface area contributed by atoms with Crippen molar-refractivity contribution in [1.29, 1.82) is 0 Å². The summed E-state index contributed by atoms with van der Waals surface area (Å²) in [6.45, 7) is 2.05. The lowest BCUT2D eigenvalue weighted by Crippen LogP contribution is -2.04. The number of benzene rings is 3. The van der Waals surface area contributed by atoms with Gasteiger partial charge in [-0.15, -0.1) is 0 Å². The van der Waals surface area contributed by atoms with Gasteiger partial charge in [0, 0.05) is 28.1 Å². The highest BCUT2D eigenvalue weighted by Crippen LogP contribution is 2.32. The predicted octanol–water partition coefficient (Wildman–Crippen LogP) is 6.31. The number of hydrogen-bond acceptors (Lipinski definition) is 4. The van der Waals surface area contributed by atoms with Crippen LogP contribution < -0.4 is 14.8 Å².